The Hall–Kier alpha value is -0.120. The lowest BCUT2D eigenvalue weighted by Gasteiger charge is -2.35. The molecule has 0 spiro atoms. The lowest BCUT2D eigenvalue weighted by atomic mass is 10.2. The van der Waals surface area contributed by atoms with Crippen molar-refractivity contribution >= 4 is 0 Å². The summed E-state index contributed by atoms with van der Waals surface area (Å²) in [5.41, 5.74) is 0. The number of ether oxygens (including phenoxy) is 1. The lowest BCUT2D eigenvalue weighted by molar-refractivity contribution is -0.920. The Labute approximate surface area is 145 Å². The van der Waals surface area contributed by atoms with Gasteiger partial charge in [0.15, 0.2) is 0 Å². The SMILES string of the molecule is CCCC[N+]1(CCOCC[N+]2(CCCC)CCCC2)CCCC1. The molecule has 0 unspecified atom stereocenters. The van der Waals surface area contributed by atoms with E-state index in [1.807, 2.05) is 0 Å². The molecule has 0 atom stereocenters. The number of quaternary nitrogens is 2. The number of likely N-dealkylation sites (tertiary alicyclic amines) is 2. The molecule has 0 radical (unpaired) electrons. The molecular weight excluding hydrogens is 284 g/mol. The predicted octanol–water partition coefficient (Wildman–Crippen LogP) is 3.82. The number of rotatable bonds is 12. The van der Waals surface area contributed by atoms with Gasteiger partial charge in [-0.05, 0) is 12.8 Å². The van der Waals surface area contributed by atoms with Gasteiger partial charge in [0.2, 0.25) is 0 Å². The first-order valence-corrected chi connectivity index (χ1v) is 10.5. The summed E-state index contributed by atoms with van der Waals surface area (Å²) in [7, 11) is 0. The topological polar surface area (TPSA) is 9.23 Å². The second-order valence-electron chi connectivity index (χ2n) is 8.21. The third-order valence-electron chi connectivity index (χ3n) is 6.42. The van der Waals surface area contributed by atoms with Gasteiger partial charge in [-0.1, -0.05) is 26.7 Å². The van der Waals surface area contributed by atoms with E-state index in [1.54, 1.807) is 0 Å². The van der Waals surface area contributed by atoms with Crippen LogP contribution in [0.25, 0.3) is 0 Å². The van der Waals surface area contributed by atoms with Crippen molar-refractivity contribution in [2.24, 2.45) is 0 Å². The van der Waals surface area contributed by atoms with Crippen LogP contribution in [0.3, 0.4) is 0 Å². The van der Waals surface area contributed by atoms with Crippen LogP contribution < -0.4 is 0 Å². The summed E-state index contributed by atoms with van der Waals surface area (Å²) < 4.78 is 8.84. The van der Waals surface area contributed by atoms with E-state index in [4.69, 9.17) is 4.74 Å². The first-order valence-electron chi connectivity index (χ1n) is 10.5. The summed E-state index contributed by atoms with van der Waals surface area (Å²) in [6.07, 6.45) is 11.2. The van der Waals surface area contributed by atoms with Crippen LogP contribution in [0.5, 0.6) is 0 Å². The van der Waals surface area contributed by atoms with Crippen molar-refractivity contribution in [1.29, 1.82) is 0 Å². The lowest BCUT2D eigenvalue weighted by Crippen LogP contribution is -2.49. The highest BCUT2D eigenvalue weighted by Crippen LogP contribution is 2.21. The van der Waals surface area contributed by atoms with Gasteiger partial charge >= 0.3 is 0 Å². The second-order valence-corrected chi connectivity index (χ2v) is 8.21. The van der Waals surface area contributed by atoms with Gasteiger partial charge in [-0.25, -0.2) is 0 Å². The van der Waals surface area contributed by atoms with E-state index in [-0.39, 0.29) is 0 Å². The molecule has 23 heavy (non-hydrogen) atoms. The summed E-state index contributed by atoms with van der Waals surface area (Å²) in [6.45, 7) is 17.5. The second kappa shape index (κ2) is 10.0. The molecule has 3 heteroatoms. The third-order valence-corrected chi connectivity index (χ3v) is 6.42. The summed E-state index contributed by atoms with van der Waals surface area (Å²) in [4.78, 5) is 0. The maximum Gasteiger partial charge on any atom is 0.102 e. The van der Waals surface area contributed by atoms with Crippen LogP contribution in [0, 0.1) is 0 Å². The van der Waals surface area contributed by atoms with Crippen LogP contribution in [0.15, 0.2) is 0 Å². The fourth-order valence-corrected chi connectivity index (χ4v) is 4.74. The Balaban J connectivity index is 1.65. The van der Waals surface area contributed by atoms with E-state index in [9.17, 15) is 0 Å². The van der Waals surface area contributed by atoms with Crippen molar-refractivity contribution in [1.82, 2.24) is 0 Å². The van der Waals surface area contributed by atoms with Gasteiger partial charge in [-0.2, -0.15) is 0 Å². The van der Waals surface area contributed by atoms with Gasteiger partial charge in [-0.15, -0.1) is 0 Å². The predicted molar refractivity (Wildman–Crippen MR) is 98.6 cm³/mol. The molecule has 0 aromatic carbocycles. The molecule has 2 saturated heterocycles. The number of hydrogen-bond acceptors (Lipinski definition) is 1. The van der Waals surface area contributed by atoms with Crippen LogP contribution in [0.2, 0.25) is 0 Å². The highest BCUT2D eigenvalue weighted by Gasteiger charge is 2.32. The van der Waals surface area contributed by atoms with Crippen molar-refractivity contribution in [3.05, 3.63) is 0 Å². The molecule has 0 aliphatic carbocycles. The standard InChI is InChI=1S/C20H42N2O/c1-3-5-11-21(13-7-8-14-21)17-19-23-20-18-22(12-6-4-2)15-9-10-16-22/h3-20H2,1-2H3/q+2. The molecule has 0 N–H and O–H groups in total. The third kappa shape index (κ3) is 6.03. The zero-order valence-electron chi connectivity index (χ0n) is 16.0. The molecule has 0 aromatic rings. The highest BCUT2D eigenvalue weighted by atomic mass is 16.5. The normalized spacial score (nSPS) is 22.7. The van der Waals surface area contributed by atoms with Gasteiger partial charge in [-0.3, -0.25) is 0 Å². The summed E-state index contributed by atoms with van der Waals surface area (Å²) in [6, 6.07) is 0. The Morgan fingerprint density at radius 1 is 0.609 bits per heavy atom. The Bertz CT molecular complexity index is 277. The van der Waals surface area contributed by atoms with Gasteiger partial charge in [0.25, 0.3) is 0 Å². The molecule has 2 aliphatic rings. The van der Waals surface area contributed by atoms with Gasteiger partial charge in [0.1, 0.15) is 13.1 Å². The number of hydrogen-bond donors (Lipinski definition) is 0. The first-order chi connectivity index (χ1) is 11.2. The summed E-state index contributed by atoms with van der Waals surface area (Å²) in [5.74, 6) is 0. The smallest absolute Gasteiger partial charge is 0.102 e. The fourth-order valence-electron chi connectivity index (χ4n) is 4.74. The molecule has 2 rings (SSSR count). The molecule has 2 fully saturated rings. The minimum absolute atomic E-state index is 0.984. The van der Waals surface area contributed by atoms with Crippen LogP contribution in [0.1, 0.15) is 65.2 Å². The Morgan fingerprint density at radius 3 is 1.35 bits per heavy atom. The van der Waals surface area contributed by atoms with Crippen LogP contribution in [-0.4, -0.2) is 74.5 Å². The van der Waals surface area contributed by atoms with Gasteiger partial charge < -0.3 is 13.7 Å². The number of nitrogens with zero attached hydrogens (tertiary/aromatic N) is 2. The zero-order chi connectivity index (χ0) is 16.4. The van der Waals surface area contributed by atoms with Crippen molar-refractivity contribution in [2.45, 2.75) is 65.2 Å². The van der Waals surface area contributed by atoms with E-state index in [0.717, 1.165) is 13.2 Å². The van der Waals surface area contributed by atoms with Crippen LogP contribution in [0.4, 0.5) is 0 Å². The average molecular weight is 327 g/mol. The monoisotopic (exact) mass is 326 g/mol. The van der Waals surface area contributed by atoms with Gasteiger partial charge in [0, 0.05) is 25.7 Å². The van der Waals surface area contributed by atoms with E-state index < -0.39 is 0 Å². The molecule has 2 aliphatic heterocycles. The molecule has 0 amide bonds. The minimum Gasteiger partial charge on any atom is -0.370 e. The fraction of sp³-hybridized carbons (Fsp3) is 1.00. The molecule has 3 nitrogen and oxygen atoms in total. The van der Waals surface area contributed by atoms with Crippen molar-refractivity contribution in [3.8, 4) is 0 Å². The maximum absolute atomic E-state index is 6.14. The Morgan fingerprint density at radius 2 is 1.00 bits per heavy atom. The minimum atomic E-state index is 0.984. The Kier molecular flexibility index (Phi) is 8.35. The quantitative estimate of drug-likeness (QED) is 0.391. The van der Waals surface area contributed by atoms with Gasteiger partial charge in [0.05, 0.1) is 52.5 Å². The van der Waals surface area contributed by atoms with Crippen LogP contribution >= 0.6 is 0 Å². The van der Waals surface area contributed by atoms with E-state index >= 15 is 0 Å². The molecule has 0 bridgehead atoms. The van der Waals surface area contributed by atoms with E-state index in [0.29, 0.717) is 0 Å². The van der Waals surface area contributed by atoms with Crippen molar-refractivity contribution in [3.63, 3.8) is 0 Å². The molecule has 0 aromatic heterocycles. The summed E-state index contributed by atoms with van der Waals surface area (Å²) >= 11 is 0. The highest BCUT2D eigenvalue weighted by molar-refractivity contribution is 4.57. The van der Waals surface area contributed by atoms with Crippen LogP contribution in [-0.2, 0) is 4.74 Å². The van der Waals surface area contributed by atoms with E-state index in [1.165, 1.54) is 113 Å². The van der Waals surface area contributed by atoms with Crippen molar-refractivity contribution in [2.75, 3.05) is 65.6 Å². The van der Waals surface area contributed by atoms with E-state index in [2.05, 4.69) is 13.8 Å². The zero-order valence-corrected chi connectivity index (χ0v) is 16.0. The number of unbranched alkanes of at least 4 members (excludes halogenated alkanes) is 2. The maximum atomic E-state index is 6.14. The largest absolute Gasteiger partial charge is 0.370 e. The molecule has 2 heterocycles. The molecule has 136 valence electrons. The first kappa shape index (κ1) is 19.2. The average Bonchev–Trinajstić information content (AvgIpc) is 3.22. The summed E-state index contributed by atoms with van der Waals surface area (Å²) in [5, 5.41) is 0. The van der Waals surface area contributed by atoms with Crippen molar-refractivity contribution < 1.29 is 13.7 Å². The molecule has 0 saturated carbocycles. The molecular formula is C20H42N2O+2.